The molecule has 0 aliphatic heterocycles. The van der Waals surface area contributed by atoms with Crippen molar-refractivity contribution in [3.05, 3.63) is 29.8 Å². The largest absolute Gasteiger partial charge is 0.490 e. The smallest absolute Gasteiger partial charge is 0.124 e. The Morgan fingerprint density at radius 1 is 1.00 bits per heavy atom. The topological polar surface area (TPSA) is 21.3 Å². The van der Waals surface area contributed by atoms with Crippen molar-refractivity contribution in [1.82, 2.24) is 5.32 Å². The van der Waals surface area contributed by atoms with E-state index in [4.69, 9.17) is 4.74 Å². The summed E-state index contributed by atoms with van der Waals surface area (Å²) in [6.45, 7) is 8.55. The fourth-order valence-corrected chi connectivity index (χ4v) is 2.32. The van der Waals surface area contributed by atoms with Crippen molar-refractivity contribution in [2.24, 2.45) is 0 Å². The van der Waals surface area contributed by atoms with E-state index in [0.29, 0.717) is 0 Å². The number of unbranched alkanes of at least 4 members (excludes halogenated alkanes) is 5. The number of hydrogen-bond acceptors (Lipinski definition) is 2. The van der Waals surface area contributed by atoms with Gasteiger partial charge >= 0.3 is 0 Å². The van der Waals surface area contributed by atoms with E-state index in [2.05, 4.69) is 50.4 Å². The number of nitrogens with one attached hydrogen (secondary N) is 1. The molecule has 0 saturated carbocycles. The Bertz CT molecular complexity index is 364. The molecule has 0 fully saturated rings. The maximum absolute atomic E-state index is 5.98. The monoisotopic (exact) mass is 291 g/mol. The lowest BCUT2D eigenvalue weighted by Crippen LogP contribution is -2.17. The molecule has 21 heavy (non-hydrogen) atoms. The molecule has 0 aliphatic rings. The van der Waals surface area contributed by atoms with Gasteiger partial charge in [0.1, 0.15) is 5.75 Å². The molecule has 1 N–H and O–H groups in total. The first-order valence-corrected chi connectivity index (χ1v) is 8.73. The minimum Gasteiger partial charge on any atom is -0.490 e. The fraction of sp³-hybridized carbons (Fsp3) is 0.684. The average molecular weight is 291 g/mol. The summed E-state index contributed by atoms with van der Waals surface area (Å²) in [4.78, 5) is 0. The highest BCUT2D eigenvalue weighted by Crippen LogP contribution is 2.19. The van der Waals surface area contributed by atoms with Crippen LogP contribution in [0.15, 0.2) is 24.3 Å². The van der Waals surface area contributed by atoms with Crippen molar-refractivity contribution in [1.29, 1.82) is 0 Å². The molecule has 0 aromatic heterocycles. The van der Waals surface area contributed by atoms with Gasteiger partial charge in [0.2, 0.25) is 0 Å². The third kappa shape index (κ3) is 8.11. The molecule has 1 unspecified atom stereocenters. The molecular formula is C19H33NO. The predicted molar refractivity (Wildman–Crippen MR) is 91.9 cm³/mol. The van der Waals surface area contributed by atoms with Gasteiger partial charge in [0.05, 0.1) is 6.10 Å². The van der Waals surface area contributed by atoms with Gasteiger partial charge in [0.15, 0.2) is 0 Å². The first kappa shape index (κ1) is 18.0. The Labute approximate surface area is 131 Å². The number of ether oxygens (including phenoxy) is 1. The van der Waals surface area contributed by atoms with Crippen LogP contribution in [0.4, 0.5) is 0 Å². The maximum Gasteiger partial charge on any atom is 0.124 e. The summed E-state index contributed by atoms with van der Waals surface area (Å²) < 4.78 is 5.98. The molecule has 1 aromatic carbocycles. The lowest BCUT2D eigenvalue weighted by Gasteiger charge is -2.16. The van der Waals surface area contributed by atoms with Crippen molar-refractivity contribution < 1.29 is 4.74 Å². The van der Waals surface area contributed by atoms with Crippen molar-refractivity contribution in [3.63, 3.8) is 0 Å². The second kappa shape index (κ2) is 11.6. The molecule has 1 rings (SSSR count). The van der Waals surface area contributed by atoms with Gasteiger partial charge in [-0.15, -0.1) is 0 Å². The van der Waals surface area contributed by atoms with Gasteiger partial charge in [0, 0.05) is 12.1 Å². The summed E-state index contributed by atoms with van der Waals surface area (Å²) in [6.07, 6.45) is 9.42. The Morgan fingerprint density at radius 2 is 1.71 bits per heavy atom. The zero-order chi connectivity index (χ0) is 15.3. The van der Waals surface area contributed by atoms with Crippen molar-refractivity contribution in [2.75, 3.05) is 6.54 Å². The van der Waals surface area contributed by atoms with Crippen LogP contribution in [-0.2, 0) is 6.54 Å². The molecule has 0 saturated heterocycles. The lowest BCUT2D eigenvalue weighted by atomic mass is 10.1. The molecule has 0 spiro atoms. The highest BCUT2D eigenvalue weighted by molar-refractivity contribution is 5.33. The summed E-state index contributed by atoms with van der Waals surface area (Å²) in [7, 11) is 0. The third-order valence-electron chi connectivity index (χ3n) is 3.90. The highest BCUT2D eigenvalue weighted by Gasteiger charge is 2.06. The van der Waals surface area contributed by atoms with Crippen molar-refractivity contribution in [3.8, 4) is 5.75 Å². The van der Waals surface area contributed by atoms with Crippen LogP contribution in [0, 0.1) is 0 Å². The summed E-state index contributed by atoms with van der Waals surface area (Å²) in [6, 6.07) is 8.38. The summed E-state index contributed by atoms with van der Waals surface area (Å²) in [5, 5.41) is 3.54. The van der Waals surface area contributed by atoms with E-state index in [1.807, 2.05) is 0 Å². The quantitative estimate of drug-likeness (QED) is 0.527. The SMILES string of the molecule is CCCCCCCCNCc1ccccc1OC(C)CC. The molecule has 120 valence electrons. The zero-order valence-electron chi connectivity index (χ0n) is 14.2. The fourth-order valence-electron chi connectivity index (χ4n) is 2.32. The molecule has 1 atom stereocenters. The molecule has 0 heterocycles. The van der Waals surface area contributed by atoms with Crippen LogP contribution in [0.2, 0.25) is 0 Å². The number of para-hydroxylation sites is 1. The van der Waals surface area contributed by atoms with Gasteiger partial charge in [-0.25, -0.2) is 0 Å². The molecule has 0 aliphatic carbocycles. The summed E-state index contributed by atoms with van der Waals surface area (Å²) in [5.41, 5.74) is 1.27. The molecule has 1 aromatic rings. The van der Waals surface area contributed by atoms with Crippen molar-refractivity contribution in [2.45, 2.75) is 78.4 Å². The van der Waals surface area contributed by atoms with Crippen LogP contribution in [0.3, 0.4) is 0 Å². The van der Waals surface area contributed by atoms with Gasteiger partial charge < -0.3 is 10.1 Å². The molecule has 2 nitrogen and oxygen atoms in total. The molecule has 0 radical (unpaired) electrons. The second-order valence-electron chi connectivity index (χ2n) is 5.89. The predicted octanol–water partition coefficient (Wildman–Crippen LogP) is 5.31. The van der Waals surface area contributed by atoms with Crippen LogP contribution >= 0.6 is 0 Å². The van der Waals surface area contributed by atoms with Gasteiger partial charge in [0.25, 0.3) is 0 Å². The summed E-state index contributed by atoms with van der Waals surface area (Å²) >= 11 is 0. The Kier molecular flexibility index (Phi) is 9.98. The average Bonchev–Trinajstić information content (AvgIpc) is 2.51. The number of benzene rings is 1. The Morgan fingerprint density at radius 3 is 2.48 bits per heavy atom. The van der Waals surface area contributed by atoms with Gasteiger partial charge in [-0.2, -0.15) is 0 Å². The minimum absolute atomic E-state index is 0.282. The normalized spacial score (nSPS) is 12.3. The Hall–Kier alpha value is -1.02. The van der Waals surface area contributed by atoms with E-state index < -0.39 is 0 Å². The van der Waals surface area contributed by atoms with E-state index >= 15 is 0 Å². The van der Waals surface area contributed by atoms with Crippen LogP contribution in [0.5, 0.6) is 5.75 Å². The minimum atomic E-state index is 0.282. The standard InChI is InChI=1S/C19H33NO/c1-4-6-7-8-9-12-15-20-16-18-13-10-11-14-19(18)21-17(3)5-2/h10-11,13-14,17,20H,4-9,12,15-16H2,1-3H3. The number of rotatable bonds is 12. The van der Waals surface area contributed by atoms with E-state index in [1.165, 1.54) is 44.1 Å². The highest BCUT2D eigenvalue weighted by atomic mass is 16.5. The van der Waals surface area contributed by atoms with E-state index in [9.17, 15) is 0 Å². The lowest BCUT2D eigenvalue weighted by molar-refractivity contribution is 0.215. The van der Waals surface area contributed by atoms with Crippen molar-refractivity contribution >= 4 is 0 Å². The van der Waals surface area contributed by atoms with Crippen LogP contribution < -0.4 is 10.1 Å². The van der Waals surface area contributed by atoms with Crippen LogP contribution in [0.1, 0.15) is 71.3 Å². The van der Waals surface area contributed by atoms with Gasteiger partial charge in [-0.3, -0.25) is 0 Å². The van der Waals surface area contributed by atoms with Crippen LogP contribution in [0.25, 0.3) is 0 Å². The Balaban J connectivity index is 2.22. The maximum atomic E-state index is 5.98. The molecular weight excluding hydrogens is 258 g/mol. The molecule has 0 amide bonds. The first-order chi connectivity index (χ1) is 10.3. The van der Waals surface area contributed by atoms with E-state index in [-0.39, 0.29) is 6.10 Å². The van der Waals surface area contributed by atoms with Gasteiger partial charge in [-0.1, -0.05) is 64.2 Å². The van der Waals surface area contributed by atoms with E-state index in [1.54, 1.807) is 0 Å². The van der Waals surface area contributed by atoms with E-state index in [0.717, 1.165) is 25.3 Å². The third-order valence-corrected chi connectivity index (χ3v) is 3.90. The van der Waals surface area contributed by atoms with Crippen LogP contribution in [-0.4, -0.2) is 12.6 Å². The molecule has 2 heteroatoms. The second-order valence-corrected chi connectivity index (χ2v) is 5.89. The first-order valence-electron chi connectivity index (χ1n) is 8.73. The number of hydrogen-bond donors (Lipinski definition) is 1. The zero-order valence-corrected chi connectivity index (χ0v) is 14.2. The molecule has 0 bridgehead atoms. The van der Waals surface area contributed by atoms with Gasteiger partial charge in [-0.05, 0) is 32.4 Å². The summed E-state index contributed by atoms with van der Waals surface area (Å²) in [5.74, 6) is 1.03.